The number of hydrogen-bond acceptors (Lipinski definition) is 5. The lowest BCUT2D eigenvalue weighted by Crippen LogP contribution is -2.41. The van der Waals surface area contributed by atoms with Gasteiger partial charge in [-0.25, -0.2) is 0 Å². The number of nitrogens with one attached hydrogen (secondary N) is 2. The van der Waals surface area contributed by atoms with Crippen LogP contribution in [-0.4, -0.2) is 48.9 Å². The lowest BCUT2D eigenvalue weighted by atomic mass is 10.2. The SMILES string of the molecule is CN=C(NCCc1nc(C)no1)NCC1CCCO1.I. The molecule has 8 heteroatoms. The van der Waals surface area contributed by atoms with Crippen LogP contribution < -0.4 is 10.6 Å². The molecule has 1 aliphatic heterocycles. The van der Waals surface area contributed by atoms with Crippen LogP contribution in [0.15, 0.2) is 9.52 Å². The van der Waals surface area contributed by atoms with Gasteiger partial charge in [-0.2, -0.15) is 4.98 Å². The van der Waals surface area contributed by atoms with Gasteiger partial charge in [-0.15, -0.1) is 24.0 Å². The van der Waals surface area contributed by atoms with E-state index >= 15 is 0 Å². The Balaban J connectivity index is 0.00000200. The Kier molecular flexibility index (Phi) is 7.82. The zero-order valence-electron chi connectivity index (χ0n) is 11.9. The van der Waals surface area contributed by atoms with Crippen LogP contribution in [0.2, 0.25) is 0 Å². The molecule has 1 saturated heterocycles. The summed E-state index contributed by atoms with van der Waals surface area (Å²) in [6.45, 7) is 4.17. The van der Waals surface area contributed by atoms with E-state index in [4.69, 9.17) is 9.26 Å². The Morgan fingerprint density at radius 3 is 2.90 bits per heavy atom. The Morgan fingerprint density at radius 2 is 2.30 bits per heavy atom. The first-order valence-corrected chi connectivity index (χ1v) is 6.63. The Hall–Kier alpha value is -0.900. The average Bonchev–Trinajstić information content (AvgIpc) is 3.05. The molecule has 114 valence electrons. The zero-order valence-corrected chi connectivity index (χ0v) is 14.2. The summed E-state index contributed by atoms with van der Waals surface area (Å²) in [5.74, 6) is 2.07. The van der Waals surface area contributed by atoms with E-state index in [1.165, 1.54) is 0 Å². The van der Waals surface area contributed by atoms with E-state index in [1.807, 2.05) is 6.92 Å². The van der Waals surface area contributed by atoms with Crippen molar-refractivity contribution < 1.29 is 9.26 Å². The summed E-state index contributed by atoms with van der Waals surface area (Å²) >= 11 is 0. The van der Waals surface area contributed by atoms with Gasteiger partial charge in [0.15, 0.2) is 11.8 Å². The van der Waals surface area contributed by atoms with Gasteiger partial charge >= 0.3 is 0 Å². The third-order valence-corrected chi connectivity index (χ3v) is 2.95. The second-order valence-corrected chi connectivity index (χ2v) is 4.50. The van der Waals surface area contributed by atoms with Crippen LogP contribution >= 0.6 is 24.0 Å². The number of halogens is 1. The highest BCUT2D eigenvalue weighted by Gasteiger charge is 2.15. The van der Waals surface area contributed by atoms with Crippen LogP contribution in [0.25, 0.3) is 0 Å². The summed E-state index contributed by atoms with van der Waals surface area (Å²) < 4.78 is 10.6. The highest BCUT2D eigenvalue weighted by molar-refractivity contribution is 14.0. The lowest BCUT2D eigenvalue weighted by molar-refractivity contribution is 0.114. The van der Waals surface area contributed by atoms with Gasteiger partial charge in [0.05, 0.1) is 6.10 Å². The summed E-state index contributed by atoms with van der Waals surface area (Å²) in [6.07, 6.45) is 3.25. The minimum absolute atomic E-state index is 0. The Labute approximate surface area is 136 Å². The molecule has 0 saturated carbocycles. The molecule has 0 radical (unpaired) electrons. The predicted octanol–water partition coefficient (Wildman–Crippen LogP) is 0.883. The van der Waals surface area contributed by atoms with Crippen molar-refractivity contribution in [2.45, 2.75) is 32.3 Å². The number of aryl methyl sites for hydroxylation is 1. The number of ether oxygens (including phenoxy) is 1. The van der Waals surface area contributed by atoms with E-state index in [1.54, 1.807) is 7.05 Å². The minimum atomic E-state index is 0. The second-order valence-electron chi connectivity index (χ2n) is 4.50. The van der Waals surface area contributed by atoms with Crippen molar-refractivity contribution in [2.75, 3.05) is 26.7 Å². The van der Waals surface area contributed by atoms with Gasteiger partial charge in [-0.1, -0.05) is 5.16 Å². The van der Waals surface area contributed by atoms with Crippen molar-refractivity contribution in [3.8, 4) is 0 Å². The van der Waals surface area contributed by atoms with Crippen LogP contribution in [0, 0.1) is 6.92 Å². The van der Waals surface area contributed by atoms with E-state index in [9.17, 15) is 0 Å². The fraction of sp³-hybridized carbons (Fsp3) is 0.750. The molecular formula is C12H22IN5O2. The average molecular weight is 395 g/mol. The smallest absolute Gasteiger partial charge is 0.228 e. The van der Waals surface area contributed by atoms with Crippen LogP contribution in [-0.2, 0) is 11.2 Å². The monoisotopic (exact) mass is 395 g/mol. The van der Waals surface area contributed by atoms with Crippen LogP contribution in [0.5, 0.6) is 0 Å². The maximum Gasteiger partial charge on any atom is 0.228 e. The topological polar surface area (TPSA) is 84.6 Å². The highest BCUT2D eigenvalue weighted by atomic mass is 127. The predicted molar refractivity (Wildman–Crippen MR) is 86.5 cm³/mol. The third-order valence-electron chi connectivity index (χ3n) is 2.95. The van der Waals surface area contributed by atoms with E-state index < -0.39 is 0 Å². The fourth-order valence-electron chi connectivity index (χ4n) is 1.97. The molecule has 0 amide bonds. The number of hydrogen-bond donors (Lipinski definition) is 2. The molecule has 1 fully saturated rings. The van der Waals surface area contributed by atoms with Crippen molar-refractivity contribution in [1.82, 2.24) is 20.8 Å². The molecule has 1 atom stereocenters. The molecule has 0 spiro atoms. The number of aromatic nitrogens is 2. The summed E-state index contributed by atoms with van der Waals surface area (Å²) in [5, 5.41) is 10.2. The molecule has 7 nitrogen and oxygen atoms in total. The molecule has 2 N–H and O–H groups in total. The molecule has 1 aliphatic rings. The first-order chi connectivity index (χ1) is 9.28. The van der Waals surface area contributed by atoms with Crippen molar-refractivity contribution in [2.24, 2.45) is 4.99 Å². The quantitative estimate of drug-likeness (QED) is 0.438. The minimum Gasteiger partial charge on any atom is -0.376 e. The van der Waals surface area contributed by atoms with Gasteiger partial charge in [-0.3, -0.25) is 4.99 Å². The molecule has 0 bridgehead atoms. The second kappa shape index (κ2) is 9.11. The van der Waals surface area contributed by atoms with Crippen molar-refractivity contribution in [3.63, 3.8) is 0 Å². The number of guanidine groups is 1. The van der Waals surface area contributed by atoms with Gasteiger partial charge in [0.2, 0.25) is 5.89 Å². The molecule has 2 heterocycles. The normalized spacial score (nSPS) is 18.7. The first kappa shape index (κ1) is 17.2. The summed E-state index contributed by atoms with van der Waals surface area (Å²) in [6, 6.07) is 0. The number of nitrogens with zero attached hydrogens (tertiary/aromatic N) is 3. The number of rotatable bonds is 5. The summed E-state index contributed by atoms with van der Waals surface area (Å²) in [7, 11) is 1.75. The van der Waals surface area contributed by atoms with Crippen molar-refractivity contribution in [1.29, 1.82) is 0 Å². The van der Waals surface area contributed by atoms with Crippen LogP contribution in [0.3, 0.4) is 0 Å². The first-order valence-electron chi connectivity index (χ1n) is 6.63. The molecule has 1 unspecified atom stereocenters. The maximum absolute atomic E-state index is 5.55. The van der Waals surface area contributed by atoms with Crippen molar-refractivity contribution in [3.05, 3.63) is 11.7 Å². The van der Waals surface area contributed by atoms with Crippen molar-refractivity contribution >= 4 is 29.9 Å². The van der Waals surface area contributed by atoms with E-state index in [0.29, 0.717) is 30.8 Å². The lowest BCUT2D eigenvalue weighted by Gasteiger charge is -2.14. The standard InChI is InChI=1S/C12H21N5O2.HI/c1-9-16-11(19-17-9)5-6-14-12(13-2)15-8-10-4-3-7-18-10;/h10H,3-8H2,1-2H3,(H2,13,14,15);1H. The highest BCUT2D eigenvalue weighted by Crippen LogP contribution is 2.10. The molecule has 0 aliphatic carbocycles. The fourth-order valence-corrected chi connectivity index (χ4v) is 1.97. The van der Waals surface area contributed by atoms with Gasteiger partial charge in [-0.05, 0) is 19.8 Å². The molecule has 0 aromatic carbocycles. The van der Waals surface area contributed by atoms with Gasteiger partial charge in [0, 0.05) is 33.2 Å². The summed E-state index contributed by atoms with van der Waals surface area (Å²) in [5.41, 5.74) is 0. The Bertz CT molecular complexity index is 418. The molecule has 20 heavy (non-hydrogen) atoms. The molecule has 1 aromatic rings. The Morgan fingerprint density at radius 1 is 1.45 bits per heavy atom. The molecule has 2 rings (SSSR count). The van der Waals surface area contributed by atoms with Gasteiger partial charge in [0.25, 0.3) is 0 Å². The summed E-state index contributed by atoms with van der Waals surface area (Å²) in [4.78, 5) is 8.30. The van der Waals surface area contributed by atoms with Gasteiger partial charge < -0.3 is 19.9 Å². The van der Waals surface area contributed by atoms with Crippen LogP contribution in [0.1, 0.15) is 24.6 Å². The van der Waals surface area contributed by atoms with E-state index in [-0.39, 0.29) is 24.0 Å². The largest absolute Gasteiger partial charge is 0.376 e. The van der Waals surface area contributed by atoms with Crippen LogP contribution in [0.4, 0.5) is 0 Å². The molecular weight excluding hydrogens is 373 g/mol. The van der Waals surface area contributed by atoms with E-state index in [0.717, 1.165) is 32.0 Å². The maximum atomic E-state index is 5.55. The zero-order chi connectivity index (χ0) is 13.5. The molecule has 1 aromatic heterocycles. The van der Waals surface area contributed by atoms with E-state index in [2.05, 4.69) is 25.8 Å². The third kappa shape index (κ3) is 5.61. The number of aliphatic imine (C=N–C) groups is 1. The van der Waals surface area contributed by atoms with Gasteiger partial charge in [0.1, 0.15) is 0 Å².